The van der Waals surface area contributed by atoms with Crippen LogP contribution in [-0.4, -0.2) is 17.1 Å². The van der Waals surface area contributed by atoms with Crippen LogP contribution in [-0.2, 0) is 0 Å². The molecule has 2 aromatic heterocycles. The first-order valence-electron chi connectivity index (χ1n) is 6.49. The summed E-state index contributed by atoms with van der Waals surface area (Å²) in [5.41, 5.74) is 3.55. The summed E-state index contributed by atoms with van der Waals surface area (Å²) in [6.07, 6.45) is 1.45. The predicted octanol–water partition coefficient (Wildman–Crippen LogP) is 6.71. The van der Waals surface area contributed by atoms with E-state index in [1.165, 1.54) is 17.7 Å². The summed E-state index contributed by atoms with van der Waals surface area (Å²) >= 11 is 24.3. The van der Waals surface area contributed by atoms with Crippen molar-refractivity contribution in [3.05, 3.63) is 36.4 Å². The minimum Gasteiger partial charge on any atom is -0.494 e. The van der Waals surface area contributed by atoms with Gasteiger partial charge in [0.15, 0.2) is 5.75 Å². The van der Waals surface area contributed by atoms with Crippen LogP contribution < -0.4 is 4.74 Å². The molecule has 8 heteroatoms. The standard InChI is InChI=1S/C15H10BrCl3N2OS/c1-5-7(6(2)11(18)12(22-3)10(5)17)8-9-14(19)20-4-21-15(9)23-13(8)16/h4H,1-3H3. The van der Waals surface area contributed by atoms with Crippen LogP contribution in [0.4, 0.5) is 0 Å². The second kappa shape index (κ2) is 6.37. The van der Waals surface area contributed by atoms with Gasteiger partial charge in [-0.2, -0.15) is 0 Å². The second-order valence-corrected chi connectivity index (χ2v) is 8.31. The number of thiophene rings is 1. The SMILES string of the molecule is COc1c(Cl)c(C)c(-c2c(Br)sc3ncnc(Cl)c23)c(C)c1Cl. The molecule has 120 valence electrons. The molecule has 2 heterocycles. The number of benzene rings is 1. The Morgan fingerprint density at radius 1 is 1.04 bits per heavy atom. The third-order valence-corrected chi connectivity index (χ3v) is 6.63. The Hall–Kier alpha value is -0.590. The normalized spacial score (nSPS) is 11.3. The fourth-order valence-corrected chi connectivity index (χ4v) is 5.18. The Kier molecular flexibility index (Phi) is 4.78. The molecule has 0 spiro atoms. The molecule has 0 atom stereocenters. The first kappa shape index (κ1) is 17.2. The zero-order valence-electron chi connectivity index (χ0n) is 12.3. The van der Waals surface area contributed by atoms with Gasteiger partial charge in [0.2, 0.25) is 0 Å². The molecule has 0 fully saturated rings. The van der Waals surface area contributed by atoms with Crippen molar-refractivity contribution in [2.75, 3.05) is 7.11 Å². The molecular weight excluding hydrogens is 443 g/mol. The number of aromatic nitrogens is 2. The zero-order valence-corrected chi connectivity index (χ0v) is 17.0. The fourth-order valence-electron chi connectivity index (χ4n) is 2.59. The van der Waals surface area contributed by atoms with E-state index in [1.807, 2.05) is 13.8 Å². The van der Waals surface area contributed by atoms with Crippen molar-refractivity contribution in [2.45, 2.75) is 13.8 Å². The lowest BCUT2D eigenvalue weighted by atomic mass is 9.95. The highest BCUT2D eigenvalue weighted by atomic mass is 79.9. The van der Waals surface area contributed by atoms with E-state index in [0.717, 1.165) is 36.3 Å². The lowest BCUT2D eigenvalue weighted by Crippen LogP contribution is -1.96. The molecule has 1 aromatic carbocycles. The lowest BCUT2D eigenvalue weighted by Gasteiger charge is -2.17. The molecule has 0 bridgehead atoms. The maximum Gasteiger partial charge on any atom is 0.156 e. The Balaban J connectivity index is 2.48. The van der Waals surface area contributed by atoms with Gasteiger partial charge >= 0.3 is 0 Å². The first-order chi connectivity index (χ1) is 10.9. The van der Waals surface area contributed by atoms with Gasteiger partial charge in [-0.15, -0.1) is 11.3 Å². The highest BCUT2D eigenvalue weighted by molar-refractivity contribution is 9.11. The summed E-state index contributed by atoms with van der Waals surface area (Å²) in [6.45, 7) is 3.86. The van der Waals surface area contributed by atoms with Gasteiger partial charge < -0.3 is 4.74 Å². The number of hydrogen-bond donors (Lipinski definition) is 0. The molecular formula is C15H10BrCl3N2OS. The predicted molar refractivity (Wildman–Crippen MR) is 102 cm³/mol. The molecule has 0 unspecified atom stereocenters. The molecule has 0 radical (unpaired) electrons. The van der Waals surface area contributed by atoms with Gasteiger partial charge in [-0.05, 0) is 46.5 Å². The van der Waals surface area contributed by atoms with Gasteiger partial charge in [-0.1, -0.05) is 34.8 Å². The number of ether oxygens (including phenoxy) is 1. The average molecular weight is 453 g/mol. The zero-order chi connectivity index (χ0) is 16.9. The van der Waals surface area contributed by atoms with Gasteiger partial charge in [0.05, 0.1) is 26.3 Å². The van der Waals surface area contributed by atoms with E-state index in [1.54, 1.807) is 7.11 Å². The molecule has 0 aliphatic carbocycles. The number of fused-ring (bicyclic) bond motifs is 1. The topological polar surface area (TPSA) is 35.0 Å². The van der Waals surface area contributed by atoms with E-state index >= 15 is 0 Å². The van der Waals surface area contributed by atoms with E-state index in [4.69, 9.17) is 39.5 Å². The van der Waals surface area contributed by atoms with Crippen molar-refractivity contribution in [3.63, 3.8) is 0 Å². The Morgan fingerprint density at radius 3 is 2.22 bits per heavy atom. The van der Waals surface area contributed by atoms with Gasteiger partial charge in [0.25, 0.3) is 0 Å². The van der Waals surface area contributed by atoms with Crippen LogP contribution in [0.5, 0.6) is 5.75 Å². The van der Waals surface area contributed by atoms with Gasteiger partial charge in [-0.3, -0.25) is 0 Å². The van der Waals surface area contributed by atoms with Crippen LogP contribution in [0.3, 0.4) is 0 Å². The van der Waals surface area contributed by atoms with E-state index in [2.05, 4.69) is 25.9 Å². The van der Waals surface area contributed by atoms with E-state index in [-0.39, 0.29) is 0 Å². The average Bonchev–Trinajstić information content (AvgIpc) is 2.84. The maximum atomic E-state index is 6.45. The van der Waals surface area contributed by atoms with E-state index in [0.29, 0.717) is 20.9 Å². The van der Waals surface area contributed by atoms with Crippen molar-refractivity contribution >= 4 is 72.3 Å². The summed E-state index contributed by atoms with van der Waals surface area (Å²) in [6, 6.07) is 0. The van der Waals surface area contributed by atoms with Crippen molar-refractivity contribution in [1.29, 1.82) is 0 Å². The third kappa shape index (κ3) is 2.63. The minimum atomic E-state index is 0.397. The summed E-state index contributed by atoms with van der Waals surface area (Å²) in [5.74, 6) is 0.477. The van der Waals surface area contributed by atoms with Crippen LogP contribution in [0.2, 0.25) is 15.2 Å². The molecule has 0 aliphatic rings. The number of methoxy groups -OCH3 is 1. The largest absolute Gasteiger partial charge is 0.494 e. The molecule has 23 heavy (non-hydrogen) atoms. The monoisotopic (exact) mass is 450 g/mol. The number of nitrogens with zero attached hydrogens (tertiary/aromatic N) is 2. The van der Waals surface area contributed by atoms with Crippen molar-refractivity contribution in [3.8, 4) is 16.9 Å². The molecule has 0 N–H and O–H groups in total. The van der Waals surface area contributed by atoms with Gasteiger partial charge in [-0.25, -0.2) is 9.97 Å². The minimum absolute atomic E-state index is 0.397. The van der Waals surface area contributed by atoms with Crippen LogP contribution in [0.25, 0.3) is 21.3 Å². The van der Waals surface area contributed by atoms with Gasteiger partial charge in [0, 0.05) is 5.56 Å². The number of halogens is 4. The summed E-state index contributed by atoms with van der Waals surface area (Å²) < 4.78 is 6.23. The molecule has 3 rings (SSSR count). The van der Waals surface area contributed by atoms with Crippen LogP contribution in [0.1, 0.15) is 11.1 Å². The number of rotatable bonds is 2. The Bertz CT molecular complexity index is 913. The Labute approximate surface area is 160 Å². The summed E-state index contributed by atoms with van der Waals surface area (Å²) in [4.78, 5) is 9.18. The van der Waals surface area contributed by atoms with Crippen molar-refractivity contribution in [2.24, 2.45) is 0 Å². The molecule has 0 saturated carbocycles. The van der Waals surface area contributed by atoms with E-state index < -0.39 is 0 Å². The molecule has 0 aliphatic heterocycles. The lowest BCUT2D eigenvalue weighted by molar-refractivity contribution is 0.414. The summed E-state index contributed by atoms with van der Waals surface area (Å²) in [7, 11) is 1.55. The molecule has 0 amide bonds. The highest BCUT2D eigenvalue weighted by Gasteiger charge is 2.25. The second-order valence-electron chi connectivity index (χ2n) is 4.88. The maximum absolute atomic E-state index is 6.45. The summed E-state index contributed by atoms with van der Waals surface area (Å²) in [5, 5.41) is 2.15. The molecule has 3 nitrogen and oxygen atoms in total. The fraction of sp³-hybridized carbons (Fsp3) is 0.200. The smallest absolute Gasteiger partial charge is 0.156 e. The molecule has 0 saturated heterocycles. The van der Waals surface area contributed by atoms with Crippen molar-refractivity contribution in [1.82, 2.24) is 9.97 Å². The van der Waals surface area contributed by atoms with Crippen LogP contribution in [0, 0.1) is 13.8 Å². The molecule has 3 aromatic rings. The third-order valence-electron chi connectivity index (χ3n) is 3.66. The first-order valence-corrected chi connectivity index (χ1v) is 9.23. The Morgan fingerprint density at radius 2 is 1.65 bits per heavy atom. The van der Waals surface area contributed by atoms with Crippen molar-refractivity contribution < 1.29 is 4.74 Å². The van der Waals surface area contributed by atoms with Crippen LogP contribution in [0.15, 0.2) is 10.1 Å². The quantitative estimate of drug-likeness (QED) is 0.406. The highest BCUT2D eigenvalue weighted by Crippen LogP contribution is 2.50. The van der Waals surface area contributed by atoms with Crippen LogP contribution >= 0.6 is 62.1 Å². The van der Waals surface area contributed by atoms with E-state index in [9.17, 15) is 0 Å². The number of hydrogen-bond acceptors (Lipinski definition) is 4. The van der Waals surface area contributed by atoms with Gasteiger partial charge in [0.1, 0.15) is 16.3 Å².